The molecule has 0 fully saturated rings. The molecule has 2 N–H and O–H groups in total. The number of ether oxygens (including phenoxy) is 1. The molecule has 0 amide bonds. The Morgan fingerprint density at radius 3 is 2.72 bits per heavy atom. The number of rotatable bonds is 8. The van der Waals surface area contributed by atoms with Crippen LogP contribution in [0.5, 0.6) is 0 Å². The first-order chi connectivity index (χ1) is 8.49. The fraction of sp³-hybridized carbons (Fsp3) is 0.727. The number of imidazole rings is 1. The zero-order valence-electron chi connectivity index (χ0n) is 10.9. The first-order valence-corrected chi connectivity index (χ1v) is 7.70. The van der Waals surface area contributed by atoms with Crippen LogP contribution >= 0.6 is 0 Å². The molecule has 0 aromatic carbocycles. The predicted molar refractivity (Wildman–Crippen MR) is 68.7 cm³/mol. The third-order valence-electron chi connectivity index (χ3n) is 2.49. The molecule has 1 aromatic heterocycles. The highest BCUT2D eigenvalue weighted by atomic mass is 32.2. The Labute approximate surface area is 108 Å². The summed E-state index contributed by atoms with van der Waals surface area (Å²) in [7, 11) is -3.72. The first-order valence-electron chi connectivity index (χ1n) is 6.15. The van der Waals surface area contributed by atoms with Gasteiger partial charge < -0.3 is 9.30 Å². The van der Waals surface area contributed by atoms with Gasteiger partial charge in [-0.25, -0.2) is 18.5 Å². The van der Waals surface area contributed by atoms with Gasteiger partial charge >= 0.3 is 0 Å². The number of primary sulfonamides is 1. The molecule has 0 radical (unpaired) electrons. The fourth-order valence-electron chi connectivity index (χ4n) is 1.66. The minimum absolute atomic E-state index is 0.0534. The summed E-state index contributed by atoms with van der Waals surface area (Å²) in [6, 6.07) is 0. The van der Waals surface area contributed by atoms with Crippen molar-refractivity contribution in [3.05, 3.63) is 12.0 Å². The first kappa shape index (κ1) is 15.1. The molecule has 0 spiro atoms. The molecule has 7 heteroatoms. The second kappa shape index (κ2) is 6.86. The summed E-state index contributed by atoms with van der Waals surface area (Å²) < 4.78 is 29.6. The van der Waals surface area contributed by atoms with E-state index in [0.29, 0.717) is 19.8 Å². The Morgan fingerprint density at radius 2 is 2.17 bits per heavy atom. The largest absolute Gasteiger partial charge is 0.382 e. The van der Waals surface area contributed by atoms with Crippen molar-refractivity contribution in [1.82, 2.24) is 9.55 Å². The van der Waals surface area contributed by atoms with E-state index in [1.54, 1.807) is 0 Å². The second-order valence-corrected chi connectivity index (χ2v) is 5.54. The molecular formula is C11H21N3O3S. The van der Waals surface area contributed by atoms with Crippen molar-refractivity contribution in [1.29, 1.82) is 0 Å². The van der Waals surface area contributed by atoms with Crippen molar-refractivity contribution in [2.45, 2.75) is 44.7 Å². The van der Waals surface area contributed by atoms with E-state index in [4.69, 9.17) is 9.88 Å². The van der Waals surface area contributed by atoms with Crippen molar-refractivity contribution in [3.63, 3.8) is 0 Å². The fourth-order valence-corrected chi connectivity index (χ4v) is 2.17. The summed E-state index contributed by atoms with van der Waals surface area (Å²) in [4.78, 5) is 4.08. The molecule has 0 bridgehead atoms. The minimum atomic E-state index is -3.72. The van der Waals surface area contributed by atoms with E-state index in [-0.39, 0.29) is 5.03 Å². The van der Waals surface area contributed by atoms with Gasteiger partial charge in [0.15, 0.2) is 5.03 Å². The van der Waals surface area contributed by atoms with Crippen LogP contribution in [0.2, 0.25) is 0 Å². The van der Waals surface area contributed by atoms with Crippen LogP contribution in [0.1, 0.15) is 32.5 Å². The highest BCUT2D eigenvalue weighted by Crippen LogP contribution is 2.10. The van der Waals surface area contributed by atoms with Gasteiger partial charge in [-0.2, -0.15) is 0 Å². The van der Waals surface area contributed by atoms with E-state index in [0.717, 1.165) is 25.1 Å². The van der Waals surface area contributed by atoms with Gasteiger partial charge in [-0.1, -0.05) is 6.92 Å². The molecule has 104 valence electrons. The Bertz CT molecular complexity index is 468. The van der Waals surface area contributed by atoms with Gasteiger partial charge in [-0.05, 0) is 19.8 Å². The van der Waals surface area contributed by atoms with Crippen LogP contribution in [0.3, 0.4) is 0 Å². The predicted octanol–water partition coefficient (Wildman–Crippen LogP) is 0.910. The third-order valence-corrected chi connectivity index (χ3v) is 3.27. The summed E-state index contributed by atoms with van der Waals surface area (Å²) >= 11 is 0. The van der Waals surface area contributed by atoms with Crippen LogP contribution in [0.15, 0.2) is 11.2 Å². The number of aromatic nitrogens is 2. The quantitative estimate of drug-likeness (QED) is 0.714. The molecule has 0 unspecified atom stereocenters. The van der Waals surface area contributed by atoms with Crippen molar-refractivity contribution in [3.8, 4) is 0 Å². The van der Waals surface area contributed by atoms with Crippen LogP contribution < -0.4 is 5.14 Å². The number of aryl methyl sites for hydroxylation is 2. The number of nitrogens with zero attached hydrogens (tertiary/aromatic N) is 2. The van der Waals surface area contributed by atoms with E-state index < -0.39 is 10.0 Å². The van der Waals surface area contributed by atoms with Gasteiger partial charge in [0.05, 0.1) is 0 Å². The molecular weight excluding hydrogens is 254 g/mol. The number of nitrogens with two attached hydrogens (primary N) is 1. The maximum absolute atomic E-state index is 11.3. The summed E-state index contributed by atoms with van der Waals surface area (Å²) in [6.45, 7) is 6.01. The Balaban J connectivity index is 2.78. The normalized spacial score (nSPS) is 11.9. The second-order valence-electron chi connectivity index (χ2n) is 4.03. The summed E-state index contributed by atoms with van der Waals surface area (Å²) in [6.07, 6.45) is 3.98. The maximum Gasteiger partial charge on any atom is 0.257 e. The number of hydrogen-bond donors (Lipinski definition) is 1. The molecule has 1 heterocycles. The lowest BCUT2D eigenvalue weighted by Crippen LogP contribution is -2.12. The smallest absolute Gasteiger partial charge is 0.257 e. The van der Waals surface area contributed by atoms with Crippen LogP contribution in [-0.2, 0) is 27.7 Å². The number of sulfonamides is 1. The zero-order valence-corrected chi connectivity index (χ0v) is 11.7. The van der Waals surface area contributed by atoms with Gasteiger partial charge in [-0.3, -0.25) is 0 Å². The Kier molecular flexibility index (Phi) is 5.77. The molecule has 1 aromatic rings. The van der Waals surface area contributed by atoms with E-state index in [1.165, 1.54) is 6.20 Å². The Morgan fingerprint density at radius 1 is 1.44 bits per heavy atom. The minimum Gasteiger partial charge on any atom is -0.382 e. The van der Waals surface area contributed by atoms with E-state index in [2.05, 4.69) is 4.98 Å². The molecule has 6 nitrogen and oxygen atoms in total. The maximum atomic E-state index is 11.3. The SMILES string of the molecule is CCCc1nc(S(N)(=O)=O)cn1CCCOCC. The number of hydrogen-bond acceptors (Lipinski definition) is 4. The topological polar surface area (TPSA) is 87.2 Å². The monoisotopic (exact) mass is 275 g/mol. The van der Waals surface area contributed by atoms with Crippen LogP contribution in [0.4, 0.5) is 0 Å². The molecule has 0 aliphatic carbocycles. The van der Waals surface area contributed by atoms with Crippen molar-refractivity contribution >= 4 is 10.0 Å². The molecule has 0 saturated heterocycles. The molecule has 0 saturated carbocycles. The van der Waals surface area contributed by atoms with E-state index in [9.17, 15) is 8.42 Å². The Hall–Kier alpha value is -0.920. The van der Waals surface area contributed by atoms with Crippen molar-refractivity contribution in [2.75, 3.05) is 13.2 Å². The lowest BCUT2D eigenvalue weighted by molar-refractivity contribution is 0.141. The van der Waals surface area contributed by atoms with Crippen LogP contribution in [0.25, 0.3) is 0 Å². The summed E-state index contributed by atoms with van der Waals surface area (Å²) in [5.41, 5.74) is 0. The molecule has 1 rings (SSSR count). The molecule has 18 heavy (non-hydrogen) atoms. The summed E-state index contributed by atoms with van der Waals surface area (Å²) in [5, 5.41) is 5.03. The average Bonchev–Trinajstić information content (AvgIpc) is 2.68. The zero-order chi connectivity index (χ0) is 13.6. The van der Waals surface area contributed by atoms with Gasteiger partial charge in [0.25, 0.3) is 10.0 Å². The van der Waals surface area contributed by atoms with Crippen molar-refractivity contribution in [2.24, 2.45) is 5.14 Å². The van der Waals surface area contributed by atoms with E-state index in [1.807, 2.05) is 18.4 Å². The third kappa shape index (κ3) is 4.40. The highest BCUT2D eigenvalue weighted by Gasteiger charge is 2.15. The van der Waals surface area contributed by atoms with Crippen molar-refractivity contribution < 1.29 is 13.2 Å². The lowest BCUT2D eigenvalue weighted by atomic mass is 10.3. The van der Waals surface area contributed by atoms with Crippen LogP contribution in [-0.4, -0.2) is 31.2 Å². The van der Waals surface area contributed by atoms with Crippen LogP contribution in [0, 0.1) is 0 Å². The van der Waals surface area contributed by atoms with Gasteiger partial charge in [0.1, 0.15) is 5.82 Å². The highest BCUT2D eigenvalue weighted by molar-refractivity contribution is 7.89. The van der Waals surface area contributed by atoms with Gasteiger partial charge in [0.2, 0.25) is 0 Å². The van der Waals surface area contributed by atoms with Gasteiger partial charge in [-0.15, -0.1) is 0 Å². The average molecular weight is 275 g/mol. The molecule has 0 aliphatic heterocycles. The lowest BCUT2D eigenvalue weighted by Gasteiger charge is -2.06. The molecule has 0 aliphatic rings. The van der Waals surface area contributed by atoms with Gasteiger partial charge in [0, 0.05) is 32.4 Å². The van der Waals surface area contributed by atoms with E-state index >= 15 is 0 Å². The standard InChI is InChI=1S/C11H21N3O3S/c1-3-6-10-13-11(18(12,15)16)9-14(10)7-5-8-17-4-2/h9H,3-8H2,1-2H3,(H2,12,15,16). The summed E-state index contributed by atoms with van der Waals surface area (Å²) in [5.74, 6) is 0.762. The molecule has 0 atom stereocenters.